The van der Waals surface area contributed by atoms with Crippen LogP contribution in [0.15, 0.2) is 18.3 Å². The normalized spacial score (nSPS) is 14.2. The number of carbonyl (C=O) groups is 1. The van der Waals surface area contributed by atoms with Crippen molar-refractivity contribution >= 4 is 5.91 Å². The third-order valence-electron chi connectivity index (χ3n) is 2.65. The molecule has 1 amide bonds. The van der Waals surface area contributed by atoms with E-state index in [2.05, 4.69) is 4.98 Å². The zero-order valence-corrected chi connectivity index (χ0v) is 9.38. The molecule has 0 spiro atoms. The third kappa shape index (κ3) is 2.70. The number of primary amides is 1. The summed E-state index contributed by atoms with van der Waals surface area (Å²) in [5, 5.41) is 9.29. The Balaban J connectivity index is 2.98. The lowest BCUT2D eigenvalue weighted by Crippen LogP contribution is -2.28. The number of hydrogen-bond acceptors (Lipinski definition) is 4. The van der Waals surface area contributed by atoms with Crippen molar-refractivity contribution < 1.29 is 14.6 Å². The number of aliphatic hydroxyl groups is 1. The first-order valence-corrected chi connectivity index (χ1v) is 5.00. The Kier molecular flexibility index (Phi) is 4.25. The van der Waals surface area contributed by atoms with Crippen LogP contribution in [0.1, 0.15) is 18.4 Å². The fourth-order valence-corrected chi connectivity index (χ4v) is 1.52. The van der Waals surface area contributed by atoms with Gasteiger partial charge in [-0.1, -0.05) is 6.92 Å². The summed E-state index contributed by atoms with van der Waals surface area (Å²) in [5.41, 5.74) is 6.02. The molecule has 1 aromatic heterocycles. The van der Waals surface area contributed by atoms with E-state index in [-0.39, 0.29) is 12.5 Å². The van der Waals surface area contributed by atoms with E-state index in [9.17, 15) is 9.90 Å². The lowest BCUT2D eigenvalue weighted by molar-refractivity contribution is -0.122. The molecule has 0 aliphatic heterocycles. The molecule has 0 aromatic carbocycles. The van der Waals surface area contributed by atoms with Gasteiger partial charge in [-0.2, -0.15) is 0 Å². The smallest absolute Gasteiger partial charge is 0.220 e. The van der Waals surface area contributed by atoms with Crippen LogP contribution in [-0.2, 0) is 4.79 Å². The van der Waals surface area contributed by atoms with Gasteiger partial charge in [0.1, 0.15) is 0 Å². The van der Waals surface area contributed by atoms with Crippen LogP contribution in [0, 0.1) is 5.92 Å². The number of ether oxygens (including phenoxy) is 1. The van der Waals surface area contributed by atoms with Crippen LogP contribution in [0.5, 0.6) is 5.88 Å². The predicted octanol–water partition coefficient (Wildman–Crippen LogP) is 0.287. The Morgan fingerprint density at radius 3 is 2.88 bits per heavy atom. The maximum atomic E-state index is 11.1. The topological polar surface area (TPSA) is 85.4 Å². The minimum absolute atomic E-state index is 0.142. The fraction of sp³-hybridized carbons (Fsp3) is 0.455. The minimum atomic E-state index is -0.435. The van der Waals surface area contributed by atoms with Crippen molar-refractivity contribution in [2.24, 2.45) is 11.7 Å². The van der Waals surface area contributed by atoms with Gasteiger partial charge in [0.05, 0.1) is 13.7 Å². The van der Waals surface area contributed by atoms with Crippen molar-refractivity contribution in [2.45, 2.75) is 12.8 Å². The van der Waals surface area contributed by atoms with Gasteiger partial charge < -0.3 is 15.6 Å². The van der Waals surface area contributed by atoms with E-state index < -0.39 is 11.8 Å². The van der Waals surface area contributed by atoms with Crippen molar-refractivity contribution in [3.05, 3.63) is 23.9 Å². The van der Waals surface area contributed by atoms with Gasteiger partial charge in [0.15, 0.2) is 0 Å². The molecule has 0 bridgehead atoms. The lowest BCUT2D eigenvalue weighted by Gasteiger charge is -2.19. The van der Waals surface area contributed by atoms with Gasteiger partial charge >= 0.3 is 0 Å². The first-order chi connectivity index (χ1) is 7.60. The third-order valence-corrected chi connectivity index (χ3v) is 2.65. The standard InChI is InChI=1S/C11H16N2O3/c1-7(11(12)15)9(6-14)8-3-4-13-10(5-8)16-2/h3-5,7,9,14H,6H2,1-2H3,(H2,12,15)/t7?,9-/m0/s1. The molecule has 0 aliphatic carbocycles. The number of hydrogen-bond donors (Lipinski definition) is 2. The summed E-state index contributed by atoms with van der Waals surface area (Å²) in [4.78, 5) is 15.1. The molecule has 5 nitrogen and oxygen atoms in total. The molecule has 1 unspecified atom stereocenters. The summed E-state index contributed by atoms with van der Waals surface area (Å²) in [7, 11) is 1.51. The number of amides is 1. The highest BCUT2D eigenvalue weighted by Gasteiger charge is 2.23. The van der Waals surface area contributed by atoms with Crippen LogP contribution in [-0.4, -0.2) is 29.7 Å². The number of pyridine rings is 1. The SMILES string of the molecule is COc1cc([C@@H](CO)C(C)C(N)=O)ccn1. The zero-order chi connectivity index (χ0) is 12.1. The summed E-state index contributed by atoms with van der Waals surface area (Å²) >= 11 is 0. The molecule has 1 aromatic rings. The number of nitrogens with zero attached hydrogens (tertiary/aromatic N) is 1. The molecule has 88 valence electrons. The number of nitrogens with two attached hydrogens (primary N) is 1. The van der Waals surface area contributed by atoms with E-state index in [1.54, 1.807) is 25.3 Å². The summed E-state index contributed by atoms with van der Waals surface area (Å²) in [6, 6.07) is 3.43. The van der Waals surface area contributed by atoms with Crippen LogP contribution in [0.4, 0.5) is 0 Å². The predicted molar refractivity (Wildman–Crippen MR) is 59.0 cm³/mol. The molecule has 0 fully saturated rings. The highest BCUT2D eigenvalue weighted by molar-refractivity contribution is 5.77. The Labute approximate surface area is 94.2 Å². The first-order valence-electron chi connectivity index (χ1n) is 5.00. The average Bonchev–Trinajstić information content (AvgIpc) is 2.30. The van der Waals surface area contributed by atoms with E-state index in [0.717, 1.165) is 5.56 Å². The van der Waals surface area contributed by atoms with Crippen LogP contribution in [0.3, 0.4) is 0 Å². The van der Waals surface area contributed by atoms with Crippen LogP contribution in [0.2, 0.25) is 0 Å². The van der Waals surface area contributed by atoms with E-state index in [0.29, 0.717) is 5.88 Å². The number of methoxy groups -OCH3 is 1. The lowest BCUT2D eigenvalue weighted by atomic mass is 9.88. The van der Waals surface area contributed by atoms with Gasteiger partial charge in [0.25, 0.3) is 0 Å². The molecular formula is C11H16N2O3. The molecule has 2 atom stereocenters. The van der Waals surface area contributed by atoms with Crippen molar-refractivity contribution in [1.82, 2.24) is 4.98 Å². The summed E-state index contributed by atoms with van der Waals surface area (Å²) < 4.78 is 4.98. The highest BCUT2D eigenvalue weighted by atomic mass is 16.5. The van der Waals surface area contributed by atoms with E-state index >= 15 is 0 Å². The van der Waals surface area contributed by atoms with Crippen LogP contribution < -0.4 is 10.5 Å². The molecule has 0 radical (unpaired) electrons. The number of aliphatic hydroxyl groups excluding tert-OH is 1. The number of rotatable bonds is 5. The van der Waals surface area contributed by atoms with Gasteiger partial charge in [-0.3, -0.25) is 4.79 Å². The largest absolute Gasteiger partial charge is 0.481 e. The molecule has 0 aliphatic rings. The molecule has 3 N–H and O–H groups in total. The molecule has 1 heterocycles. The average molecular weight is 224 g/mol. The monoisotopic (exact) mass is 224 g/mol. The summed E-state index contributed by atoms with van der Waals surface area (Å²) in [6.45, 7) is 1.55. The fourth-order valence-electron chi connectivity index (χ4n) is 1.52. The van der Waals surface area contributed by atoms with Gasteiger partial charge in [-0.15, -0.1) is 0 Å². The molecular weight excluding hydrogens is 208 g/mol. The summed E-state index contributed by atoms with van der Waals surface area (Å²) in [5.74, 6) is -0.742. The minimum Gasteiger partial charge on any atom is -0.481 e. The Morgan fingerprint density at radius 1 is 1.69 bits per heavy atom. The van der Waals surface area contributed by atoms with Crippen molar-refractivity contribution in [2.75, 3.05) is 13.7 Å². The second-order valence-corrected chi connectivity index (χ2v) is 3.61. The zero-order valence-electron chi connectivity index (χ0n) is 9.38. The van der Waals surface area contributed by atoms with Crippen LogP contribution >= 0.6 is 0 Å². The Hall–Kier alpha value is -1.62. The molecule has 5 heteroatoms. The highest BCUT2D eigenvalue weighted by Crippen LogP contribution is 2.25. The van der Waals surface area contributed by atoms with Crippen LogP contribution in [0.25, 0.3) is 0 Å². The number of aromatic nitrogens is 1. The Morgan fingerprint density at radius 2 is 2.38 bits per heavy atom. The van der Waals surface area contributed by atoms with Gasteiger partial charge in [-0.25, -0.2) is 4.98 Å². The Bertz CT molecular complexity index is 368. The maximum Gasteiger partial charge on any atom is 0.220 e. The first kappa shape index (κ1) is 12.4. The summed E-state index contributed by atoms with van der Waals surface area (Å²) in [6.07, 6.45) is 1.57. The van der Waals surface area contributed by atoms with Gasteiger partial charge in [0, 0.05) is 24.1 Å². The molecule has 0 saturated carbocycles. The second-order valence-electron chi connectivity index (χ2n) is 3.61. The quantitative estimate of drug-likeness (QED) is 0.752. The number of carbonyl (C=O) groups excluding carboxylic acids is 1. The van der Waals surface area contributed by atoms with Crippen molar-refractivity contribution in [1.29, 1.82) is 0 Å². The van der Waals surface area contributed by atoms with Crippen molar-refractivity contribution in [3.63, 3.8) is 0 Å². The van der Waals surface area contributed by atoms with Gasteiger partial charge in [0.2, 0.25) is 11.8 Å². The molecule has 0 saturated heterocycles. The maximum absolute atomic E-state index is 11.1. The van der Waals surface area contributed by atoms with E-state index in [1.807, 2.05) is 0 Å². The molecule has 16 heavy (non-hydrogen) atoms. The molecule has 1 rings (SSSR count). The van der Waals surface area contributed by atoms with Crippen molar-refractivity contribution in [3.8, 4) is 5.88 Å². The second kappa shape index (κ2) is 5.46. The van der Waals surface area contributed by atoms with E-state index in [1.165, 1.54) is 7.11 Å². The van der Waals surface area contributed by atoms with Gasteiger partial charge in [-0.05, 0) is 11.6 Å². The van der Waals surface area contributed by atoms with E-state index in [4.69, 9.17) is 10.5 Å².